The maximum Gasteiger partial charge on any atom is 0.252 e. The molecule has 0 spiro atoms. The van der Waals surface area contributed by atoms with E-state index in [0.717, 1.165) is 43.0 Å². The lowest BCUT2D eigenvalue weighted by Crippen LogP contribution is -2.62. The minimum absolute atomic E-state index is 0.0107. The number of hydrogen-bond donors (Lipinski definition) is 0. The molecule has 0 bridgehead atoms. The molecular weight excluding hydrogens is 1320 g/mol. The Balaban J connectivity index is 1.11. The highest BCUT2D eigenvalue weighted by molar-refractivity contribution is 7.01. The molecule has 0 atom stereocenters. The van der Waals surface area contributed by atoms with Crippen molar-refractivity contribution in [3.63, 3.8) is 0 Å². The molecule has 2 aliphatic heterocycles. The van der Waals surface area contributed by atoms with Gasteiger partial charge in [-0.1, -0.05) is 311 Å². The van der Waals surface area contributed by atoms with E-state index in [9.17, 15) is 28.8 Å². The first kappa shape index (κ1) is 47.1. The van der Waals surface area contributed by atoms with Gasteiger partial charge in [0.1, 0.15) is 0 Å². The van der Waals surface area contributed by atoms with E-state index >= 15 is 0 Å². The molecule has 522 valence electrons. The summed E-state index contributed by atoms with van der Waals surface area (Å²) in [7, 11) is 0. The molecule has 0 aliphatic carbocycles. The molecule has 0 N–H and O–H groups in total. The normalized spacial score (nSPS) is 15.6. The van der Waals surface area contributed by atoms with Crippen molar-refractivity contribution in [3.05, 3.63) is 356 Å². The Kier molecular flexibility index (Phi) is 10.8. The van der Waals surface area contributed by atoms with Crippen LogP contribution < -0.4 is 26.2 Å². The van der Waals surface area contributed by atoms with Crippen molar-refractivity contribution >= 4 is 122 Å². The second kappa shape index (κ2) is 25.0. The summed E-state index contributed by atoms with van der Waals surface area (Å²) in [5, 5.41) is 1.99. The van der Waals surface area contributed by atoms with E-state index in [1.54, 1.807) is 0 Å². The van der Waals surface area contributed by atoms with Gasteiger partial charge < -0.3 is 18.9 Å². The highest BCUT2D eigenvalue weighted by Gasteiger charge is 2.48. The summed E-state index contributed by atoms with van der Waals surface area (Å²) in [6.07, 6.45) is 0. The SMILES string of the molecule is [2H]c1c([2H])c(-n2c3c([2H])c([2H])c([2H])c([2H])c3c3c([2H])c([2H])c([2H])c([2H])c32)c([2H])c2c1B1c3c(cc(C(C)(C)C)cc3N(c3c(-c4ccccc4)cc(C(C)(C)C)cc3-c3ccccc3)c3c([2H])c(-n4c5c([2H])c([2H])c([2H])c([2H])c5c5c([2H])c([2H])c([2H])c([2H])c54)c([2H])c(-c4ccc5c(ccc6ccccc65)c4)c31)N2c1c(-c2ccccc2)cc(C(C)(C)C)cc1-c1ccccc1. The van der Waals surface area contributed by atoms with Crippen LogP contribution in [-0.2, 0) is 16.2 Å². The fourth-order valence-corrected chi connectivity index (χ4v) is 16.5. The van der Waals surface area contributed by atoms with Gasteiger partial charge in [0.05, 0.1) is 62.2 Å². The van der Waals surface area contributed by atoms with Crippen LogP contribution in [0.4, 0.5) is 34.1 Å². The van der Waals surface area contributed by atoms with E-state index in [4.69, 9.17) is 0 Å². The number of para-hydroxylation sites is 4. The number of rotatable bonds is 9. The lowest BCUT2D eigenvalue weighted by molar-refractivity contribution is 0.590. The molecule has 4 heterocycles. The highest BCUT2D eigenvalue weighted by Crippen LogP contribution is 2.57. The van der Waals surface area contributed by atoms with Crippen LogP contribution in [0.3, 0.4) is 0 Å². The third-order valence-electron chi connectivity index (χ3n) is 21.9. The van der Waals surface area contributed by atoms with E-state index in [0.29, 0.717) is 78.1 Å². The molecule has 0 saturated carbocycles. The fourth-order valence-electron chi connectivity index (χ4n) is 16.5. The first-order valence-electron chi connectivity index (χ1n) is 47.4. The highest BCUT2D eigenvalue weighted by atomic mass is 15.2. The van der Waals surface area contributed by atoms with Crippen LogP contribution in [0.15, 0.2) is 339 Å². The molecule has 16 aromatic carbocycles. The van der Waals surface area contributed by atoms with Gasteiger partial charge in [-0.2, -0.15) is 0 Å². The van der Waals surface area contributed by atoms with Crippen molar-refractivity contribution in [2.24, 2.45) is 0 Å². The summed E-state index contributed by atoms with van der Waals surface area (Å²) in [5.74, 6) is 0. The van der Waals surface area contributed by atoms with Gasteiger partial charge in [0.15, 0.2) is 0 Å². The standard InChI is InChI=1S/C104H83BN4/c1-102(2,3)73-57-85(66-32-14-10-15-33-66)100(86(58-73)67-34-16-11-17-35-67)108-94-64-76(106-90-46-28-24-42-80(90)81-43-25-29-47-91(81)106)53-55-89(94)105-98-84(72-52-54-79-71(56-72)51-50-70-40-22-23-41-78(70)79)63-77(107-92-48-30-26-44-82(92)83-45-27-31-49-93(83)107)65-97(98)109(96-62-75(104(7,8)9)61-95(108)99(96)105)101-87(68-36-18-12-19-37-68)59-74(103(4,5)6)60-88(101)69-38-20-13-21-39-69/h10-65H,1-9H3/i24D,25D,26D,27D,28D,29D,30D,31D,42D,43D,44D,45D,46D,47D,48D,49D,53D,55D,63D,64D,65D. The Labute approximate surface area is 668 Å². The summed E-state index contributed by atoms with van der Waals surface area (Å²) in [6, 6.07) is 55.2. The maximum atomic E-state index is 12.2. The predicted molar refractivity (Wildman–Crippen MR) is 467 cm³/mol. The molecule has 18 aromatic rings. The van der Waals surface area contributed by atoms with Crippen LogP contribution in [0.1, 0.15) is 108 Å². The molecular formula is C104H83BN4. The third-order valence-corrected chi connectivity index (χ3v) is 21.9. The monoisotopic (exact) mass is 1420 g/mol. The number of hydrogen-bond acceptors (Lipinski definition) is 2. The van der Waals surface area contributed by atoms with Crippen molar-refractivity contribution in [2.45, 2.75) is 78.6 Å². The zero-order valence-corrected chi connectivity index (χ0v) is 61.6. The van der Waals surface area contributed by atoms with Gasteiger partial charge >= 0.3 is 0 Å². The van der Waals surface area contributed by atoms with Gasteiger partial charge in [-0.25, -0.2) is 0 Å². The Morgan fingerprint density at radius 2 is 0.651 bits per heavy atom. The zero-order chi connectivity index (χ0) is 92.0. The Bertz CT molecular complexity index is 7760. The number of aromatic nitrogens is 2. The fraction of sp³-hybridized carbons (Fsp3) is 0.115. The summed E-state index contributed by atoms with van der Waals surface area (Å²) in [6.45, 7) is 17.4. The Hall–Kier alpha value is -12.7. The van der Waals surface area contributed by atoms with Crippen LogP contribution in [0.5, 0.6) is 0 Å². The van der Waals surface area contributed by atoms with Crippen LogP contribution in [0, 0.1) is 0 Å². The van der Waals surface area contributed by atoms with Crippen LogP contribution in [0.2, 0.25) is 0 Å². The summed E-state index contributed by atoms with van der Waals surface area (Å²) in [4.78, 5) is 4.01. The van der Waals surface area contributed by atoms with Gasteiger partial charge in [-0.15, -0.1) is 0 Å². The molecule has 2 aliphatic rings. The minimum Gasteiger partial charge on any atom is -0.310 e. The maximum absolute atomic E-state index is 12.2. The van der Waals surface area contributed by atoms with Crippen molar-refractivity contribution in [1.29, 1.82) is 0 Å². The van der Waals surface area contributed by atoms with Crippen molar-refractivity contribution in [2.75, 3.05) is 9.80 Å². The van der Waals surface area contributed by atoms with Gasteiger partial charge in [0.2, 0.25) is 0 Å². The van der Waals surface area contributed by atoms with E-state index < -0.39 is 172 Å². The molecule has 5 heteroatoms. The minimum atomic E-state index is -1.57. The smallest absolute Gasteiger partial charge is 0.252 e. The molecule has 0 amide bonds. The van der Waals surface area contributed by atoms with Gasteiger partial charge in [0.25, 0.3) is 6.71 Å². The number of nitrogens with zero attached hydrogens (tertiary/aromatic N) is 4. The molecule has 20 rings (SSSR count). The summed E-state index contributed by atoms with van der Waals surface area (Å²) in [5.41, 5.74) is 5.71. The van der Waals surface area contributed by atoms with E-state index in [2.05, 4.69) is 98.7 Å². The van der Waals surface area contributed by atoms with Gasteiger partial charge in [-0.05, 0) is 195 Å². The van der Waals surface area contributed by atoms with Crippen LogP contribution >= 0.6 is 0 Å². The number of anilines is 6. The van der Waals surface area contributed by atoms with Crippen molar-refractivity contribution in [3.8, 4) is 67.0 Å². The summed E-state index contributed by atoms with van der Waals surface area (Å²) >= 11 is 0. The number of fused-ring (bicyclic) bond motifs is 13. The van der Waals surface area contributed by atoms with E-state index in [1.807, 2.05) is 186 Å². The largest absolute Gasteiger partial charge is 0.310 e. The van der Waals surface area contributed by atoms with Gasteiger partial charge in [0, 0.05) is 77.9 Å². The quantitative estimate of drug-likeness (QED) is 0.106. The van der Waals surface area contributed by atoms with Crippen LogP contribution in [-0.4, -0.2) is 15.8 Å². The molecule has 0 saturated heterocycles. The molecule has 0 radical (unpaired) electrons. The molecule has 0 unspecified atom stereocenters. The third kappa shape index (κ3) is 10.6. The number of benzene rings is 16. The Morgan fingerprint density at radius 3 is 1.10 bits per heavy atom. The van der Waals surface area contributed by atoms with Crippen molar-refractivity contribution in [1.82, 2.24) is 9.13 Å². The van der Waals surface area contributed by atoms with E-state index in [-0.39, 0.29) is 60.4 Å². The second-order valence-electron chi connectivity index (χ2n) is 31.6. The lowest BCUT2D eigenvalue weighted by Gasteiger charge is -2.47. The topological polar surface area (TPSA) is 16.3 Å². The van der Waals surface area contributed by atoms with Gasteiger partial charge in [-0.3, -0.25) is 0 Å². The average Bonchev–Trinajstić information content (AvgIpc) is 1.36. The van der Waals surface area contributed by atoms with E-state index in [1.165, 1.54) is 4.57 Å². The molecule has 4 nitrogen and oxygen atoms in total. The van der Waals surface area contributed by atoms with Crippen molar-refractivity contribution < 1.29 is 28.8 Å². The second-order valence-corrected chi connectivity index (χ2v) is 31.6. The molecule has 109 heavy (non-hydrogen) atoms. The molecule has 2 aromatic heterocycles. The first-order valence-corrected chi connectivity index (χ1v) is 36.9. The zero-order valence-electron chi connectivity index (χ0n) is 82.6. The lowest BCUT2D eigenvalue weighted by atomic mass is 9.32. The van der Waals surface area contributed by atoms with Crippen LogP contribution in [0.25, 0.3) is 132 Å². The summed E-state index contributed by atoms with van der Waals surface area (Å²) < 4.78 is 217. The Morgan fingerprint density at radius 1 is 0.275 bits per heavy atom. The average molecular weight is 1420 g/mol. The first-order chi connectivity index (χ1) is 61.8. The molecule has 0 fully saturated rings. The predicted octanol–water partition coefficient (Wildman–Crippen LogP) is 26.5.